The van der Waals surface area contributed by atoms with Gasteiger partial charge in [0.25, 0.3) is 5.91 Å². The molecule has 0 spiro atoms. The fraction of sp³-hybridized carbons (Fsp3) is 0.154. The number of amides is 1. The molecule has 0 aliphatic heterocycles. The van der Waals surface area contributed by atoms with E-state index in [1.807, 2.05) is 0 Å². The number of hydrogen-bond donors (Lipinski definition) is 2. The van der Waals surface area contributed by atoms with Crippen LogP contribution in [-0.2, 0) is 0 Å². The number of nitro groups is 2. The Morgan fingerprint density at radius 1 is 1.24 bits per heavy atom. The van der Waals surface area contributed by atoms with Gasteiger partial charge in [0.2, 0.25) is 0 Å². The lowest BCUT2D eigenvalue weighted by Crippen LogP contribution is -2.16. The van der Waals surface area contributed by atoms with Crippen molar-refractivity contribution in [3.63, 3.8) is 0 Å². The summed E-state index contributed by atoms with van der Waals surface area (Å²) in [5, 5.41) is 23.5. The van der Waals surface area contributed by atoms with E-state index < -0.39 is 26.4 Å². The number of nitrogens with zero attached hydrogens (tertiary/aromatic N) is 2. The van der Waals surface area contributed by atoms with Crippen molar-refractivity contribution in [1.29, 1.82) is 0 Å². The number of anilines is 1. The van der Waals surface area contributed by atoms with Crippen LogP contribution in [0.1, 0.15) is 10.4 Å². The van der Waals surface area contributed by atoms with Crippen LogP contribution < -0.4 is 14.9 Å². The SMILES string of the molecule is O=C(Nc1sc([N+](=O)[O-])cc1[N+](=O)[O-])c1ccccc1OCCNCl. The summed E-state index contributed by atoms with van der Waals surface area (Å²) in [7, 11) is 0. The van der Waals surface area contributed by atoms with Crippen LogP contribution in [0.15, 0.2) is 30.3 Å². The van der Waals surface area contributed by atoms with Crippen LogP contribution in [0.5, 0.6) is 5.75 Å². The quantitative estimate of drug-likeness (QED) is 0.308. The van der Waals surface area contributed by atoms with Gasteiger partial charge in [-0.15, -0.1) is 0 Å². The number of benzene rings is 1. The molecule has 2 aromatic rings. The van der Waals surface area contributed by atoms with Crippen molar-refractivity contribution in [2.45, 2.75) is 0 Å². The molecule has 1 aromatic carbocycles. The number of nitrogens with one attached hydrogen (secondary N) is 2. The summed E-state index contributed by atoms with van der Waals surface area (Å²) in [5.41, 5.74) is -0.419. The molecule has 1 aromatic heterocycles. The zero-order valence-electron chi connectivity index (χ0n) is 12.4. The molecule has 2 rings (SSSR count). The third-order valence-electron chi connectivity index (χ3n) is 2.89. The van der Waals surface area contributed by atoms with Gasteiger partial charge in [-0.05, 0) is 35.2 Å². The Hall–Kier alpha value is -2.76. The molecule has 0 saturated carbocycles. The van der Waals surface area contributed by atoms with E-state index in [0.717, 1.165) is 6.07 Å². The molecule has 0 atom stereocenters. The molecule has 0 fully saturated rings. The van der Waals surface area contributed by atoms with Crippen LogP contribution in [0.4, 0.5) is 15.7 Å². The summed E-state index contributed by atoms with van der Waals surface area (Å²) in [4.78, 5) is 35.0. The molecular weight excluding hydrogens is 376 g/mol. The van der Waals surface area contributed by atoms with Crippen molar-refractivity contribution < 1.29 is 19.4 Å². The van der Waals surface area contributed by atoms with Crippen LogP contribution in [0.3, 0.4) is 0 Å². The summed E-state index contributed by atoms with van der Waals surface area (Å²) in [5.74, 6) is -0.435. The van der Waals surface area contributed by atoms with Gasteiger partial charge in [0.15, 0.2) is 5.00 Å². The predicted octanol–water partition coefficient (Wildman–Crippen LogP) is 2.94. The van der Waals surface area contributed by atoms with Crippen molar-refractivity contribution in [1.82, 2.24) is 4.84 Å². The van der Waals surface area contributed by atoms with E-state index in [-0.39, 0.29) is 22.9 Å². The zero-order chi connectivity index (χ0) is 18.4. The number of carbonyl (C=O) groups excluding carboxylic acids is 1. The van der Waals surface area contributed by atoms with Crippen LogP contribution in [-0.4, -0.2) is 28.9 Å². The Balaban J connectivity index is 2.25. The van der Waals surface area contributed by atoms with Gasteiger partial charge >= 0.3 is 10.7 Å². The normalized spacial score (nSPS) is 10.3. The van der Waals surface area contributed by atoms with Crippen molar-refractivity contribution in [2.75, 3.05) is 18.5 Å². The third kappa shape index (κ3) is 4.62. The number of para-hydroxylation sites is 1. The Labute approximate surface area is 149 Å². The third-order valence-corrected chi connectivity index (χ3v) is 4.07. The van der Waals surface area contributed by atoms with Crippen LogP contribution in [0, 0.1) is 20.2 Å². The predicted molar refractivity (Wildman–Crippen MR) is 91.4 cm³/mol. The number of carbonyl (C=O) groups is 1. The molecule has 2 N–H and O–H groups in total. The van der Waals surface area contributed by atoms with E-state index in [0.29, 0.717) is 17.9 Å². The summed E-state index contributed by atoms with van der Waals surface area (Å²) < 4.78 is 5.41. The number of thiophene rings is 1. The molecule has 0 bridgehead atoms. The standard InChI is InChI=1S/C13H11ClN4O6S/c14-15-5-6-24-10-4-2-1-3-8(10)12(19)16-13-9(17(20)21)7-11(25-13)18(22)23/h1-4,7,15H,5-6H2,(H,16,19). The van der Waals surface area contributed by atoms with E-state index in [1.165, 1.54) is 6.07 Å². The topological polar surface area (TPSA) is 137 Å². The zero-order valence-corrected chi connectivity index (χ0v) is 14.0. The second-order valence-electron chi connectivity index (χ2n) is 4.50. The molecule has 0 saturated heterocycles. The average Bonchev–Trinajstić information content (AvgIpc) is 3.00. The van der Waals surface area contributed by atoms with Gasteiger partial charge in [0, 0.05) is 6.54 Å². The van der Waals surface area contributed by atoms with Crippen LogP contribution >= 0.6 is 23.1 Å². The lowest BCUT2D eigenvalue weighted by atomic mass is 10.2. The number of rotatable bonds is 8. The average molecular weight is 387 g/mol. The summed E-state index contributed by atoms with van der Waals surface area (Å²) in [6, 6.07) is 7.06. The molecule has 25 heavy (non-hydrogen) atoms. The van der Waals surface area contributed by atoms with Gasteiger partial charge in [-0.1, -0.05) is 12.1 Å². The minimum atomic E-state index is -0.798. The van der Waals surface area contributed by atoms with Crippen molar-refractivity contribution in [2.24, 2.45) is 0 Å². The molecular formula is C13H11ClN4O6S. The van der Waals surface area contributed by atoms with Gasteiger partial charge in [0.1, 0.15) is 18.4 Å². The van der Waals surface area contributed by atoms with Crippen LogP contribution in [0.2, 0.25) is 0 Å². The highest BCUT2D eigenvalue weighted by Crippen LogP contribution is 2.39. The molecule has 0 aliphatic rings. The highest BCUT2D eigenvalue weighted by molar-refractivity contribution is 7.20. The van der Waals surface area contributed by atoms with Gasteiger partial charge in [-0.25, -0.2) is 4.84 Å². The van der Waals surface area contributed by atoms with Gasteiger partial charge in [-0.2, -0.15) is 0 Å². The molecule has 12 heteroatoms. The highest BCUT2D eigenvalue weighted by atomic mass is 35.5. The van der Waals surface area contributed by atoms with E-state index in [9.17, 15) is 25.0 Å². The lowest BCUT2D eigenvalue weighted by molar-refractivity contribution is -0.389. The van der Waals surface area contributed by atoms with Crippen molar-refractivity contribution >= 4 is 44.7 Å². The van der Waals surface area contributed by atoms with Crippen LogP contribution in [0.25, 0.3) is 0 Å². The first-order chi connectivity index (χ1) is 11.9. The van der Waals surface area contributed by atoms with Crippen molar-refractivity contribution in [3.05, 3.63) is 56.1 Å². The molecule has 0 radical (unpaired) electrons. The summed E-state index contributed by atoms with van der Waals surface area (Å²) >= 11 is 5.83. The molecule has 0 aliphatic carbocycles. The minimum Gasteiger partial charge on any atom is -0.491 e. The first-order valence-corrected chi connectivity index (χ1v) is 7.92. The second kappa shape index (κ2) is 8.37. The molecule has 0 unspecified atom stereocenters. The molecule has 10 nitrogen and oxygen atoms in total. The lowest BCUT2D eigenvalue weighted by Gasteiger charge is -2.10. The Morgan fingerprint density at radius 2 is 1.96 bits per heavy atom. The van der Waals surface area contributed by atoms with E-state index in [1.54, 1.807) is 18.2 Å². The van der Waals surface area contributed by atoms with Gasteiger partial charge < -0.3 is 10.1 Å². The molecule has 1 amide bonds. The smallest absolute Gasteiger partial charge is 0.333 e. The Kier molecular flexibility index (Phi) is 6.22. The minimum absolute atomic E-state index is 0.127. The maximum atomic E-state index is 12.4. The highest BCUT2D eigenvalue weighted by Gasteiger charge is 2.27. The maximum absolute atomic E-state index is 12.4. The fourth-order valence-electron chi connectivity index (χ4n) is 1.83. The monoisotopic (exact) mass is 386 g/mol. The number of hydrogen-bond acceptors (Lipinski definition) is 8. The summed E-state index contributed by atoms with van der Waals surface area (Å²) in [6.45, 7) is 0.526. The second-order valence-corrected chi connectivity index (χ2v) is 5.79. The van der Waals surface area contributed by atoms with Gasteiger partial charge in [-0.3, -0.25) is 25.0 Å². The maximum Gasteiger partial charge on any atom is 0.333 e. The first kappa shape index (κ1) is 18.6. The van der Waals surface area contributed by atoms with E-state index >= 15 is 0 Å². The largest absolute Gasteiger partial charge is 0.491 e. The Bertz CT molecular complexity index is 812. The molecule has 132 valence electrons. The first-order valence-electron chi connectivity index (χ1n) is 6.73. The van der Waals surface area contributed by atoms with Gasteiger partial charge in [0.05, 0.1) is 15.4 Å². The van der Waals surface area contributed by atoms with E-state index in [4.69, 9.17) is 16.5 Å². The number of ether oxygens (including phenoxy) is 1. The summed E-state index contributed by atoms with van der Waals surface area (Å²) in [6.07, 6.45) is 0. The number of halogens is 1. The fourth-order valence-corrected chi connectivity index (χ4v) is 2.75. The van der Waals surface area contributed by atoms with E-state index in [2.05, 4.69) is 10.2 Å². The molecule has 1 heterocycles. The van der Waals surface area contributed by atoms with Crippen molar-refractivity contribution in [3.8, 4) is 5.75 Å². The Morgan fingerprint density at radius 3 is 2.60 bits per heavy atom.